The maximum absolute atomic E-state index is 11.0. The maximum atomic E-state index is 11.0. The molecule has 2 fully saturated rings. The van der Waals surface area contributed by atoms with Crippen molar-refractivity contribution in [3.05, 3.63) is 46.7 Å². The molecule has 2 aromatic rings. The number of piperidine rings is 1. The third kappa shape index (κ3) is 3.74. The molecule has 5 rings (SSSR count). The van der Waals surface area contributed by atoms with Gasteiger partial charge in [0.2, 0.25) is 0 Å². The van der Waals surface area contributed by atoms with Crippen molar-refractivity contribution in [1.29, 1.82) is 0 Å². The topological polar surface area (TPSA) is 31.6 Å². The molecule has 2 saturated heterocycles. The van der Waals surface area contributed by atoms with E-state index in [2.05, 4.69) is 59.5 Å². The molecule has 30 heavy (non-hydrogen) atoms. The summed E-state index contributed by atoms with van der Waals surface area (Å²) in [5.74, 6) is 0. The summed E-state index contributed by atoms with van der Waals surface area (Å²) in [5, 5.41) is 12.5. The standard InChI is InChI=1S/C26H37N3O/c1-19-6-7-24-22(15-19)23-16-21-5-4-11-28(21)18-25(23)29(24)12-8-20(2)17-26(30)9-13-27(3)14-10-26/h6-8,15,21,30H,4-5,9-14,16-18H2,1-3H3. The molecule has 1 aromatic heterocycles. The molecule has 4 heteroatoms. The van der Waals surface area contributed by atoms with E-state index in [9.17, 15) is 5.11 Å². The highest BCUT2D eigenvalue weighted by Gasteiger charge is 2.34. The lowest BCUT2D eigenvalue weighted by atomic mass is 9.85. The molecule has 0 saturated carbocycles. The lowest BCUT2D eigenvalue weighted by Crippen LogP contribution is -2.42. The van der Waals surface area contributed by atoms with E-state index in [1.165, 1.54) is 53.5 Å². The van der Waals surface area contributed by atoms with Crippen molar-refractivity contribution in [2.45, 2.75) is 77.1 Å². The lowest BCUT2D eigenvalue weighted by Gasteiger charge is -2.37. The van der Waals surface area contributed by atoms with Crippen LogP contribution in [-0.2, 0) is 19.5 Å². The Labute approximate surface area is 181 Å². The average Bonchev–Trinajstić information content (AvgIpc) is 3.29. The summed E-state index contributed by atoms with van der Waals surface area (Å²) in [6.07, 6.45) is 8.83. The number of aromatic nitrogens is 1. The summed E-state index contributed by atoms with van der Waals surface area (Å²) in [4.78, 5) is 5.02. The SMILES string of the molecule is CC(=CCn1c2c(c3cc(C)ccc31)CC1CCCN1C2)CC1(O)CCN(C)CC1. The van der Waals surface area contributed by atoms with Crippen LogP contribution in [0.5, 0.6) is 0 Å². The molecule has 4 nitrogen and oxygen atoms in total. The Morgan fingerprint density at radius 1 is 1.23 bits per heavy atom. The number of allylic oxidation sites excluding steroid dienone is 1. The predicted molar refractivity (Wildman–Crippen MR) is 124 cm³/mol. The van der Waals surface area contributed by atoms with Crippen LogP contribution in [0.2, 0.25) is 0 Å². The Balaban J connectivity index is 1.42. The number of benzene rings is 1. The van der Waals surface area contributed by atoms with E-state index in [4.69, 9.17) is 0 Å². The summed E-state index contributed by atoms with van der Waals surface area (Å²) in [5.41, 5.74) is 6.65. The molecular formula is C26H37N3O. The van der Waals surface area contributed by atoms with Crippen LogP contribution < -0.4 is 0 Å². The van der Waals surface area contributed by atoms with Crippen molar-refractivity contribution in [3.8, 4) is 0 Å². The molecule has 3 aliphatic heterocycles. The van der Waals surface area contributed by atoms with E-state index in [0.717, 1.165) is 51.5 Å². The highest BCUT2D eigenvalue weighted by molar-refractivity contribution is 5.86. The van der Waals surface area contributed by atoms with Gasteiger partial charge in [0.15, 0.2) is 0 Å². The van der Waals surface area contributed by atoms with Crippen LogP contribution >= 0.6 is 0 Å². The van der Waals surface area contributed by atoms with Gasteiger partial charge in [-0.3, -0.25) is 4.90 Å². The van der Waals surface area contributed by atoms with Gasteiger partial charge in [0.05, 0.1) is 5.60 Å². The first-order valence-electron chi connectivity index (χ1n) is 11.8. The molecule has 4 heterocycles. The molecule has 1 N–H and O–H groups in total. The monoisotopic (exact) mass is 407 g/mol. The quantitative estimate of drug-likeness (QED) is 0.769. The smallest absolute Gasteiger partial charge is 0.0709 e. The Kier molecular flexibility index (Phi) is 5.29. The number of hydrogen-bond donors (Lipinski definition) is 1. The van der Waals surface area contributed by atoms with Gasteiger partial charge in [-0.1, -0.05) is 23.3 Å². The molecule has 1 unspecified atom stereocenters. The summed E-state index contributed by atoms with van der Waals surface area (Å²) in [6.45, 7) is 9.66. The van der Waals surface area contributed by atoms with Crippen molar-refractivity contribution in [2.75, 3.05) is 26.7 Å². The summed E-state index contributed by atoms with van der Waals surface area (Å²) < 4.78 is 2.56. The van der Waals surface area contributed by atoms with Crippen LogP contribution in [-0.4, -0.2) is 57.8 Å². The third-order valence-electron chi connectivity index (χ3n) is 7.88. The van der Waals surface area contributed by atoms with Crippen molar-refractivity contribution in [1.82, 2.24) is 14.4 Å². The van der Waals surface area contributed by atoms with E-state index in [1.807, 2.05) is 0 Å². The summed E-state index contributed by atoms with van der Waals surface area (Å²) in [7, 11) is 2.15. The van der Waals surface area contributed by atoms with Crippen molar-refractivity contribution < 1.29 is 5.11 Å². The van der Waals surface area contributed by atoms with Crippen LogP contribution in [0.1, 0.15) is 55.8 Å². The number of aliphatic hydroxyl groups is 1. The first kappa shape index (κ1) is 20.3. The second kappa shape index (κ2) is 7.81. The van der Waals surface area contributed by atoms with Gasteiger partial charge in [0.1, 0.15) is 0 Å². The molecule has 162 valence electrons. The largest absolute Gasteiger partial charge is 0.389 e. The first-order chi connectivity index (χ1) is 14.4. The van der Waals surface area contributed by atoms with E-state index >= 15 is 0 Å². The molecule has 3 aliphatic rings. The van der Waals surface area contributed by atoms with Gasteiger partial charge in [-0.15, -0.1) is 0 Å². The van der Waals surface area contributed by atoms with Crippen molar-refractivity contribution >= 4 is 10.9 Å². The van der Waals surface area contributed by atoms with Gasteiger partial charge >= 0.3 is 0 Å². The van der Waals surface area contributed by atoms with Crippen LogP contribution in [0.15, 0.2) is 29.8 Å². The van der Waals surface area contributed by atoms with Gasteiger partial charge in [0, 0.05) is 48.8 Å². The van der Waals surface area contributed by atoms with Crippen molar-refractivity contribution in [3.63, 3.8) is 0 Å². The average molecular weight is 408 g/mol. The predicted octanol–water partition coefficient (Wildman–Crippen LogP) is 4.26. The minimum Gasteiger partial charge on any atom is -0.389 e. The van der Waals surface area contributed by atoms with Crippen molar-refractivity contribution in [2.24, 2.45) is 0 Å². The van der Waals surface area contributed by atoms with Crippen LogP contribution in [0.3, 0.4) is 0 Å². The zero-order valence-corrected chi connectivity index (χ0v) is 19.0. The Morgan fingerprint density at radius 2 is 2.03 bits per heavy atom. The van der Waals surface area contributed by atoms with Gasteiger partial charge in [-0.05, 0) is 83.7 Å². The van der Waals surface area contributed by atoms with E-state index in [1.54, 1.807) is 5.56 Å². The fourth-order valence-electron chi connectivity index (χ4n) is 6.02. The molecule has 0 spiro atoms. The normalized spacial score (nSPS) is 24.9. The summed E-state index contributed by atoms with van der Waals surface area (Å²) >= 11 is 0. The molecular weight excluding hydrogens is 370 g/mol. The minimum absolute atomic E-state index is 0.523. The van der Waals surface area contributed by atoms with Crippen LogP contribution in [0, 0.1) is 6.92 Å². The number of likely N-dealkylation sites (tertiary alicyclic amines) is 1. The molecule has 1 atom stereocenters. The van der Waals surface area contributed by atoms with Gasteiger partial charge in [0.25, 0.3) is 0 Å². The number of nitrogens with zero attached hydrogens (tertiary/aromatic N) is 3. The zero-order chi connectivity index (χ0) is 20.9. The maximum Gasteiger partial charge on any atom is 0.0709 e. The minimum atomic E-state index is -0.523. The lowest BCUT2D eigenvalue weighted by molar-refractivity contribution is -0.0149. The number of fused-ring (bicyclic) bond motifs is 4. The number of hydrogen-bond acceptors (Lipinski definition) is 3. The molecule has 1 aromatic carbocycles. The third-order valence-corrected chi connectivity index (χ3v) is 7.88. The Hall–Kier alpha value is -1.62. The Bertz CT molecular complexity index is 964. The van der Waals surface area contributed by atoms with Gasteiger partial charge < -0.3 is 14.6 Å². The number of rotatable bonds is 4. The van der Waals surface area contributed by atoms with Gasteiger partial charge in [-0.2, -0.15) is 0 Å². The fraction of sp³-hybridized carbons (Fsp3) is 0.615. The molecule has 0 radical (unpaired) electrons. The second-order valence-corrected chi connectivity index (χ2v) is 10.3. The molecule has 0 bridgehead atoms. The summed E-state index contributed by atoms with van der Waals surface area (Å²) in [6, 6.07) is 7.71. The van der Waals surface area contributed by atoms with Crippen LogP contribution in [0.25, 0.3) is 10.9 Å². The van der Waals surface area contributed by atoms with Crippen LogP contribution in [0.4, 0.5) is 0 Å². The fourth-order valence-corrected chi connectivity index (χ4v) is 6.02. The van der Waals surface area contributed by atoms with E-state index in [-0.39, 0.29) is 0 Å². The highest BCUT2D eigenvalue weighted by Crippen LogP contribution is 2.37. The molecule has 0 amide bonds. The second-order valence-electron chi connectivity index (χ2n) is 10.3. The van der Waals surface area contributed by atoms with E-state index in [0.29, 0.717) is 0 Å². The first-order valence-corrected chi connectivity index (χ1v) is 11.8. The number of aryl methyl sites for hydroxylation is 1. The molecule has 0 aliphatic carbocycles. The highest BCUT2D eigenvalue weighted by atomic mass is 16.3. The van der Waals surface area contributed by atoms with E-state index < -0.39 is 5.60 Å². The zero-order valence-electron chi connectivity index (χ0n) is 19.0. The Morgan fingerprint density at radius 3 is 2.83 bits per heavy atom. The van der Waals surface area contributed by atoms with Gasteiger partial charge in [-0.25, -0.2) is 0 Å².